The van der Waals surface area contributed by atoms with Gasteiger partial charge in [0, 0.05) is 28.9 Å². The Morgan fingerprint density at radius 2 is 2.29 bits per heavy atom. The molecule has 0 radical (unpaired) electrons. The fraction of sp³-hybridized carbons (Fsp3) is 0.556. The van der Waals surface area contributed by atoms with Gasteiger partial charge in [0.15, 0.2) is 0 Å². The number of carbonyl (C=O) groups excluding carboxylic acids is 1. The highest BCUT2D eigenvalue weighted by Crippen LogP contribution is 2.35. The van der Waals surface area contributed by atoms with Crippen LogP contribution >= 0.6 is 11.3 Å². The van der Waals surface area contributed by atoms with E-state index in [0.717, 1.165) is 25.1 Å². The third-order valence-corrected chi connectivity index (χ3v) is 5.48. The summed E-state index contributed by atoms with van der Waals surface area (Å²) in [7, 11) is 0. The number of carbonyl (C=O) groups is 1. The fourth-order valence-electron chi connectivity index (χ4n) is 3.16. The molecule has 0 saturated heterocycles. The van der Waals surface area contributed by atoms with E-state index >= 15 is 0 Å². The van der Waals surface area contributed by atoms with E-state index in [4.69, 9.17) is 4.52 Å². The summed E-state index contributed by atoms with van der Waals surface area (Å²) in [4.78, 5) is 16.1. The summed E-state index contributed by atoms with van der Waals surface area (Å²) in [5.41, 5.74) is 2.13. The minimum absolute atomic E-state index is 0.0521. The molecule has 0 spiro atoms. The van der Waals surface area contributed by atoms with Gasteiger partial charge in [0.25, 0.3) is 0 Å². The van der Waals surface area contributed by atoms with Crippen molar-refractivity contribution in [3.05, 3.63) is 33.6 Å². The largest absolute Gasteiger partial charge is 0.338 e. The standard InChI is InChI=1S/C18H25N3O2S/c1-5-13-12-7-9-24-14(12)6-8-21(13)11-16(22)19-17-10-15(20-23-17)18(2,3)4/h7,9-10,13H,5-6,8,11H2,1-4H3,(H,19,22). The van der Waals surface area contributed by atoms with Crippen LogP contribution < -0.4 is 5.32 Å². The van der Waals surface area contributed by atoms with Crippen molar-refractivity contribution in [2.45, 2.75) is 52.0 Å². The molecular formula is C18H25N3O2S. The van der Waals surface area contributed by atoms with Gasteiger partial charge in [0.1, 0.15) is 0 Å². The predicted molar refractivity (Wildman–Crippen MR) is 96.5 cm³/mol. The Morgan fingerprint density at radius 3 is 2.96 bits per heavy atom. The normalized spacial score (nSPS) is 18.4. The Labute approximate surface area is 147 Å². The zero-order chi connectivity index (χ0) is 17.3. The minimum atomic E-state index is -0.0952. The lowest BCUT2D eigenvalue weighted by Crippen LogP contribution is -2.39. The first-order valence-electron chi connectivity index (χ1n) is 8.46. The number of amides is 1. The molecule has 24 heavy (non-hydrogen) atoms. The molecule has 1 atom stereocenters. The van der Waals surface area contributed by atoms with Crippen LogP contribution in [0.2, 0.25) is 0 Å². The first kappa shape index (κ1) is 17.2. The SMILES string of the molecule is CCC1c2ccsc2CCN1CC(=O)Nc1cc(C(C)(C)C)no1. The Balaban J connectivity index is 1.64. The highest BCUT2D eigenvalue weighted by atomic mass is 32.1. The monoisotopic (exact) mass is 347 g/mol. The van der Waals surface area contributed by atoms with Gasteiger partial charge in [-0.25, -0.2) is 0 Å². The molecule has 5 nitrogen and oxygen atoms in total. The van der Waals surface area contributed by atoms with Gasteiger partial charge in [-0.05, 0) is 29.9 Å². The van der Waals surface area contributed by atoms with Crippen LogP contribution in [-0.2, 0) is 16.6 Å². The second kappa shape index (κ2) is 6.69. The molecular weight excluding hydrogens is 322 g/mol. The van der Waals surface area contributed by atoms with Crippen LogP contribution in [0.4, 0.5) is 5.88 Å². The van der Waals surface area contributed by atoms with Crippen molar-refractivity contribution in [2.75, 3.05) is 18.4 Å². The van der Waals surface area contributed by atoms with E-state index in [-0.39, 0.29) is 11.3 Å². The van der Waals surface area contributed by atoms with Crippen LogP contribution in [0.3, 0.4) is 0 Å². The average molecular weight is 347 g/mol. The molecule has 2 aromatic heterocycles. The van der Waals surface area contributed by atoms with Gasteiger partial charge in [-0.2, -0.15) is 0 Å². The summed E-state index contributed by atoms with van der Waals surface area (Å²) in [6, 6.07) is 4.33. The van der Waals surface area contributed by atoms with Gasteiger partial charge in [-0.3, -0.25) is 15.0 Å². The zero-order valence-electron chi connectivity index (χ0n) is 14.8. The number of aromatic nitrogens is 1. The van der Waals surface area contributed by atoms with Gasteiger partial charge in [-0.15, -0.1) is 11.3 Å². The lowest BCUT2D eigenvalue weighted by molar-refractivity contribution is -0.118. The van der Waals surface area contributed by atoms with Crippen LogP contribution in [0.5, 0.6) is 0 Å². The molecule has 1 unspecified atom stereocenters. The van der Waals surface area contributed by atoms with Crippen molar-refractivity contribution in [2.24, 2.45) is 0 Å². The molecule has 3 rings (SSSR count). The maximum atomic E-state index is 12.4. The number of thiophene rings is 1. The first-order valence-corrected chi connectivity index (χ1v) is 9.34. The zero-order valence-corrected chi connectivity index (χ0v) is 15.6. The molecule has 130 valence electrons. The van der Waals surface area contributed by atoms with E-state index in [1.54, 1.807) is 0 Å². The quantitative estimate of drug-likeness (QED) is 0.909. The predicted octanol–water partition coefficient (Wildman–Crippen LogP) is 3.98. The highest BCUT2D eigenvalue weighted by molar-refractivity contribution is 7.10. The number of nitrogens with one attached hydrogen (secondary N) is 1. The van der Waals surface area contributed by atoms with Gasteiger partial charge in [-0.1, -0.05) is 32.9 Å². The van der Waals surface area contributed by atoms with Crippen molar-refractivity contribution in [3.63, 3.8) is 0 Å². The second-order valence-corrected chi connectivity index (χ2v) is 8.32. The summed E-state index contributed by atoms with van der Waals surface area (Å²) in [6.07, 6.45) is 2.03. The molecule has 0 fully saturated rings. The maximum Gasteiger partial charge on any atom is 0.240 e. The lowest BCUT2D eigenvalue weighted by atomic mass is 9.92. The van der Waals surface area contributed by atoms with Gasteiger partial charge in [0.05, 0.1) is 12.2 Å². The van der Waals surface area contributed by atoms with Crippen LogP contribution in [0, 0.1) is 0 Å². The molecule has 0 aromatic carbocycles. The number of nitrogens with zero attached hydrogens (tertiary/aromatic N) is 2. The molecule has 3 heterocycles. The van der Waals surface area contributed by atoms with E-state index < -0.39 is 0 Å². The molecule has 2 aromatic rings. The van der Waals surface area contributed by atoms with Gasteiger partial charge in [0.2, 0.25) is 11.8 Å². The lowest BCUT2D eigenvalue weighted by Gasteiger charge is -2.34. The number of fused-ring (bicyclic) bond motifs is 1. The second-order valence-electron chi connectivity index (χ2n) is 7.32. The molecule has 0 aliphatic carbocycles. The van der Waals surface area contributed by atoms with Crippen molar-refractivity contribution >= 4 is 23.1 Å². The summed E-state index contributed by atoms with van der Waals surface area (Å²) in [6.45, 7) is 9.66. The summed E-state index contributed by atoms with van der Waals surface area (Å²) >= 11 is 1.82. The molecule has 0 saturated carbocycles. The Kier molecular flexibility index (Phi) is 4.78. The van der Waals surface area contributed by atoms with Crippen LogP contribution in [-0.4, -0.2) is 29.1 Å². The van der Waals surface area contributed by atoms with Crippen molar-refractivity contribution in [1.29, 1.82) is 0 Å². The van der Waals surface area contributed by atoms with Crippen molar-refractivity contribution in [3.8, 4) is 0 Å². The maximum absolute atomic E-state index is 12.4. The summed E-state index contributed by atoms with van der Waals surface area (Å²) in [5, 5.41) is 9.03. The van der Waals surface area contributed by atoms with Gasteiger partial charge >= 0.3 is 0 Å². The molecule has 1 N–H and O–H groups in total. The molecule has 1 aliphatic rings. The van der Waals surface area contributed by atoms with E-state index in [9.17, 15) is 4.79 Å². The van der Waals surface area contributed by atoms with Crippen LogP contribution in [0.1, 0.15) is 56.3 Å². The van der Waals surface area contributed by atoms with Crippen LogP contribution in [0.15, 0.2) is 22.0 Å². The Bertz CT molecular complexity index is 714. The van der Waals surface area contributed by atoms with Crippen molar-refractivity contribution < 1.29 is 9.32 Å². The fourth-order valence-corrected chi connectivity index (χ4v) is 4.09. The molecule has 1 amide bonds. The van der Waals surface area contributed by atoms with E-state index in [2.05, 4.69) is 54.5 Å². The highest BCUT2D eigenvalue weighted by Gasteiger charge is 2.28. The average Bonchev–Trinajstić information content (AvgIpc) is 3.15. The van der Waals surface area contributed by atoms with E-state index in [0.29, 0.717) is 18.5 Å². The summed E-state index contributed by atoms with van der Waals surface area (Å²) in [5.74, 6) is 0.370. The third-order valence-electron chi connectivity index (χ3n) is 4.48. The molecule has 1 aliphatic heterocycles. The summed E-state index contributed by atoms with van der Waals surface area (Å²) < 4.78 is 5.25. The van der Waals surface area contributed by atoms with E-state index in [1.165, 1.54) is 10.4 Å². The topological polar surface area (TPSA) is 58.4 Å². The number of anilines is 1. The van der Waals surface area contributed by atoms with Crippen molar-refractivity contribution in [1.82, 2.24) is 10.1 Å². The molecule has 6 heteroatoms. The third kappa shape index (κ3) is 3.54. The number of hydrogen-bond donors (Lipinski definition) is 1. The molecule has 0 bridgehead atoms. The first-order chi connectivity index (χ1) is 11.4. The number of rotatable bonds is 4. The number of hydrogen-bond acceptors (Lipinski definition) is 5. The van der Waals surface area contributed by atoms with Gasteiger partial charge < -0.3 is 4.52 Å². The minimum Gasteiger partial charge on any atom is -0.338 e. The Hall–Kier alpha value is -1.66. The smallest absolute Gasteiger partial charge is 0.240 e. The van der Waals surface area contributed by atoms with E-state index in [1.807, 2.05) is 17.4 Å². The van der Waals surface area contributed by atoms with Crippen LogP contribution in [0.25, 0.3) is 0 Å². The Morgan fingerprint density at radius 1 is 1.50 bits per heavy atom.